The monoisotopic (exact) mass is 425 g/mol. The average Bonchev–Trinajstić information content (AvgIpc) is 2.75. The maximum Gasteiger partial charge on any atom is 0.246 e. The molecule has 1 heterocycles. The summed E-state index contributed by atoms with van der Waals surface area (Å²) in [6.07, 6.45) is 2.02. The molecule has 31 heavy (non-hydrogen) atoms. The van der Waals surface area contributed by atoms with Crippen molar-refractivity contribution in [1.82, 2.24) is 15.5 Å². The molecule has 0 aliphatic carbocycles. The van der Waals surface area contributed by atoms with E-state index < -0.39 is 0 Å². The number of likely N-dealkylation sites (tertiary alicyclic amines) is 1. The van der Waals surface area contributed by atoms with Crippen LogP contribution < -0.4 is 16.0 Å². The SMILES string of the molecule is CCNC(=NCC(=O)Nc1cccc(F)c1)NC1CCN(Cc2ccccc2)C(C)C1. The Kier molecular flexibility index (Phi) is 8.41. The van der Waals surface area contributed by atoms with Gasteiger partial charge in [0.05, 0.1) is 0 Å². The molecule has 1 fully saturated rings. The van der Waals surface area contributed by atoms with Gasteiger partial charge < -0.3 is 16.0 Å². The minimum atomic E-state index is -0.385. The fourth-order valence-corrected chi connectivity index (χ4v) is 3.84. The van der Waals surface area contributed by atoms with Crippen LogP contribution in [-0.4, -0.2) is 48.5 Å². The molecule has 1 saturated heterocycles. The van der Waals surface area contributed by atoms with Crippen LogP contribution in [0.4, 0.5) is 10.1 Å². The van der Waals surface area contributed by atoms with Gasteiger partial charge in [-0.05, 0) is 50.5 Å². The number of benzene rings is 2. The number of hydrogen-bond donors (Lipinski definition) is 3. The number of nitrogens with one attached hydrogen (secondary N) is 3. The molecule has 0 saturated carbocycles. The number of anilines is 1. The van der Waals surface area contributed by atoms with E-state index >= 15 is 0 Å². The highest BCUT2D eigenvalue weighted by Gasteiger charge is 2.26. The molecule has 1 aliphatic heterocycles. The highest BCUT2D eigenvalue weighted by atomic mass is 19.1. The molecule has 0 spiro atoms. The van der Waals surface area contributed by atoms with Crippen molar-refractivity contribution in [3.63, 3.8) is 0 Å². The number of hydrogen-bond acceptors (Lipinski definition) is 3. The van der Waals surface area contributed by atoms with Gasteiger partial charge in [0.25, 0.3) is 0 Å². The van der Waals surface area contributed by atoms with Crippen molar-refractivity contribution >= 4 is 17.6 Å². The first-order valence-corrected chi connectivity index (χ1v) is 10.9. The Hall–Kier alpha value is -2.93. The first-order valence-electron chi connectivity index (χ1n) is 10.9. The molecule has 166 valence electrons. The Morgan fingerprint density at radius 1 is 1.19 bits per heavy atom. The zero-order valence-electron chi connectivity index (χ0n) is 18.3. The highest BCUT2D eigenvalue weighted by Crippen LogP contribution is 2.20. The number of carbonyl (C=O) groups excluding carboxylic acids is 1. The lowest BCUT2D eigenvalue weighted by Gasteiger charge is -2.38. The number of halogens is 1. The second-order valence-corrected chi connectivity index (χ2v) is 7.92. The minimum absolute atomic E-state index is 0.0335. The van der Waals surface area contributed by atoms with Crippen LogP contribution in [0.2, 0.25) is 0 Å². The van der Waals surface area contributed by atoms with Crippen molar-refractivity contribution < 1.29 is 9.18 Å². The summed E-state index contributed by atoms with van der Waals surface area (Å²) < 4.78 is 13.3. The average molecular weight is 426 g/mol. The molecular formula is C24H32FN5O. The molecule has 6 nitrogen and oxygen atoms in total. The van der Waals surface area contributed by atoms with Crippen LogP contribution in [-0.2, 0) is 11.3 Å². The third-order valence-corrected chi connectivity index (χ3v) is 5.42. The Bertz CT molecular complexity index is 873. The summed E-state index contributed by atoms with van der Waals surface area (Å²) in [4.78, 5) is 19.1. The first-order chi connectivity index (χ1) is 15.0. The number of aliphatic imine (C=N–C) groups is 1. The molecule has 0 bridgehead atoms. The maximum absolute atomic E-state index is 13.3. The van der Waals surface area contributed by atoms with Crippen LogP contribution in [0.25, 0.3) is 0 Å². The van der Waals surface area contributed by atoms with Gasteiger partial charge in [-0.3, -0.25) is 9.69 Å². The zero-order chi connectivity index (χ0) is 22.1. The highest BCUT2D eigenvalue weighted by molar-refractivity contribution is 5.94. The number of carbonyl (C=O) groups is 1. The Labute approximate surface area is 183 Å². The van der Waals surface area contributed by atoms with Crippen molar-refractivity contribution in [1.29, 1.82) is 0 Å². The van der Waals surface area contributed by atoms with Crippen molar-refractivity contribution in [2.75, 3.05) is 25.0 Å². The fraction of sp³-hybridized carbons (Fsp3) is 0.417. The van der Waals surface area contributed by atoms with Crippen molar-refractivity contribution in [3.05, 3.63) is 66.0 Å². The van der Waals surface area contributed by atoms with Gasteiger partial charge in [-0.2, -0.15) is 0 Å². The van der Waals surface area contributed by atoms with E-state index in [4.69, 9.17) is 0 Å². The van der Waals surface area contributed by atoms with E-state index in [2.05, 4.69) is 57.0 Å². The van der Waals surface area contributed by atoms with Gasteiger partial charge in [0.15, 0.2) is 5.96 Å². The fourth-order valence-electron chi connectivity index (χ4n) is 3.84. The van der Waals surface area contributed by atoms with Gasteiger partial charge in [0.1, 0.15) is 12.4 Å². The molecule has 2 aromatic rings. The number of guanidine groups is 1. The molecule has 0 aromatic heterocycles. The van der Waals surface area contributed by atoms with Crippen molar-refractivity contribution in [2.45, 2.75) is 45.3 Å². The van der Waals surface area contributed by atoms with E-state index in [1.165, 1.54) is 17.7 Å². The van der Waals surface area contributed by atoms with Gasteiger partial charge in [-0.1, -0.05) is 36.4 Å². The molecule has 0 radical (unpaired) electrons. The smallest absolute Gasteiger partial charge is 0.246 e. The lowest BCUT2D eigenvalue weighted by Crippen LogP contribution is -2.51. The second kappa shape index (κ2) is 11.5. The van der Waals surface area contributed by atoms with E-state index in [1.807, 2.05) is 13.0 Å². The second-order valence-electron chi connectivity index (χ2n) is 7.92. The summed E-state index contributed by atoms with van der Waals surface area (Å²) in [5.74, 6) is -0.0384. The standard InChI is InChI=1S/C24H32FN5O/c1-3-26-24(27-16-23(31)28-21-11-7-10-20(25)15-21)29-22-12-13-30(18(2)14-22)17-19-8-5-4-6-9-19/h4-11,15,18,22H,3,12-14,16-17H2,1-2H3,(H,28,31)(H2,26,27,29). The minimum Gasteiger partial charge on any atom is -0.357 e. The number of piperidine rings is 1. The van der Waals surface area contributed by atoms with E-state index in [-0.39, 0.29) is 18.3 Å². The summed E-state index contributed by atoms with van der Waals surface area (Å²) in [5.41, 5.74) is 1.76. The number of rotatable bonds is 7. The molecule has 2 unspecified atom stereocenters. The maximum atomic E-state index is 13.3. The van der Waals surface area contributed by atoms with Gasteiger partial charge >= 0.3 is 0 Å². The molecule has 3 N–H and O–H groups in total. The Balaban J connectivity index is 1.50. The first kappa shape index (κ1) is 22.7. The molecular weight excluding hydrogens is 393 g/mol. The summed E-state index contributed by atoms with van der Waals surface area (Å²) in [5, 5.41) is 9.35. The summed E-state index contributed by atoms with van der Waals surface area (Å²) in [6, 6.07) is 17.1. The van der Waals surface area contributed by atoms with Crippen LogP contribution in [0.5, 0.6) is 0 Å². The van der Waals surface area contributed by atoms with Crippen LogP contribution in [0.1, 0.15) is 32.3 Å². The predicted molar refractivity (Wildman–Crippen MR) is 123 cm³/mol. The zero-order valence-corrected chi connectivity index (χ0v) is 18.3. The molecule has 7 heteroatoms. The van der Waals surface area contributed by atoms with Gasteiger partial charge in [0.2, 0.25) is 5.91 Å². The number of amides is 1. The van der Waals surface area contributed by atoms with Crippen molar-refractivity contribution in [3.8, 4) is 0 Å². The van der Waals surface area contributed by atoms with Gasteiger partial charge in [-0.15, -0.1) is 0 Å². The Morgan fingerprint density at radius 3 is 2.71 bits per heavy atom. The third-order valence-electron chi connectivity index (χ3n) is 5.42. The quantitative estimate of drug-likeness (QED) is 0.470. The van der Waals surface area contributed by atoms with Gasteiger partial charge in [0, 0.05) is 37.4 Å². The molecule has 2 aromatic carbocycles. The van der Waals surface area contributed by atoms with E-state index in [0.29, 0.717) is 30.3 Å². The lowest BCUT2D eigenvalue weighted by molar-refractivity contribution is -0.114. The molecule has 1 aliphatic rings. The van der Waals surface area contributed by atoms with Crippen LogP contribution in [0.15, 0.2) is 59.6 Å². The third kappa shape index (κ3) is 7.36. The predicted octanol–water partition coefficient (Wildman–Crippen LogP) is 3.37. The van der Waals surface area contributed by atoms with E-state index in [0.717, 1.165) is 25.9 Å². The normalized spacial score (nSPS) is 19.6. The summed E-state index contributed by atoms with van der Waals surface area (Å²) in [7, 11) is 0. The molecule has 1 amide bonds. The topological polar surface area (TPSA) is 68.8 Å². The lowest BCUT2D eigenvalue weighted by atomic mass is 9.97. The van der Waals surface area contributed by atoms with Crippen LogP contribution in [0.3, 0.4) is 0 Å². The summed E-state index contributed by atoms with van der Waals surface area (Å²) >= 11 is 0. The Morgan fingerprint density at radius 2 is 2.00 bits per heavy atom. The van der Waals surface area contributed by atoms with Crippen molar-refractivity contribution in [2.24, 2.45) is 4.99 Å². The van der Waals surface area contributed by atoms with Gasteiger partial charge in [-0.25, -0.2) is 9.38 Å². The summed E-state index contributed by atoms with van der Waals surface area (Å²) in [6.45, 7) is 6.90. The van der Waals surface area contributed by atoms with Crippen LogP contribution in [0, 0.1) is 5.82 Å². The molecule has 2 atom stereocenters. The van der Waals surface area contributed by atoms with Crippen LogP contribution >= 0.6 is 0 Å². The van der Waals surface area contributed by atoms with E-state index in [1.54, 1.807) is 12.1 Å². The largest absolute Gasteiger partial charge is 0.357 e. The molecule has 3 rings (SSSR count). The number of nitrogens with zero attached hydrogens (tertiary/aromatic N) is 2. The van der Waals surface area contributed by atoms with E-state index in [9.17, 15) is 9.18 Å².